The first-order chi connectivity index (χ1) is 21.6. The minimum atomic E-state index is -0.704. The average Bonchev–Trinajstić information content (AvgIpc) is 3.40. The van der Waals surface area contributed by atoms with E-state index in [1.807, 2.05) is 7.11 Å². The summed E-state index contributed by atoms with van der Waals surface area (Å²) in [4.78, 5) is 2.50. The summed E-state index contributed by atoms with van der Waals surface area (Å²) in [5.41, 5.74) is 9.13. The van der Waals surface area contributed by atoms with Crippen LogP contribution in [0.25, 0.3) is 0 Å². The van der Waals surface area contributed by atoms with Crippen molar-refractivity contribution in [3.8, 4) is 5.75 Å². The van der Waals surface area contributed by atoms with Crippen LogP contribution in [0.4, 0.5) is 0 Å². The summed E-state index contributed by atoms with van der Waals surface area (Å²) in [6.07, 6.45) is 3.81. The molecule has 0 N–H and O–H groups in total. The van der Waals surface area contributed by atoms with E-state index >= 15 is 0 Å². The number of benzene rings is 3. The number of nitrogens with zero attached hydrogens (tertiary/aromatic N) is 1. The van der Waals surface area contributed by atoms with Gasteiger partial charge in [0.2, 0.25) is 0 Å². The molecule has 0 spiro atoms. The molecular weight excluding hydrogens is 589 g/mol. The summed E-state index contributed by atoms with van der Waals surface area (Å²) in [7, 11) is 5.74. The summed E-state index contributed by atoms with van der Waals surface area (Å²) in [6, 6.07) is 22.1. The fourth-order valence-electron chi connectivity index (χ4n) is 8.25. The molecule has 4 atom stereocenters. The Kier molecular flexibility index (Phi) is 10.9. The zero-order valence-corrected chi connectivity index (χ0v) is 33.7. The van der Waals surface area contributed by atoms with E-state index in [0.29, 0.717) is 17.6 Å². The third-order valence-electron chi connectivity index (χ3n) is 10.4. The fourth-order valence-corrected chi connectivity index (χ4v) is 11.5. The topological polar surface area (TPSA) is 12.5 Å². The summed E-state index contributed by atoms with van der Waals surface area (Å²) >= 11 is 0. The second-order valence-corrected chi connectivity index (χ2v) is 21.0. The predicted octanol–water partition coefficient (Wildman–Crippen LogP) is 11.1. The van der Waals surface area contributed by atoms with Crippen LogP contribution in [0.1, 0.15) is 142 Å². The Morgan fingerprint density at radius 1 is 0.660 bits per heavy atom. The van der Waals surface area contributed by atoms with Crippen molar-refractivity contribution >= 4 is 18.5 Å². The number of rotatable bonds is 7. The van der Waals surface area contributed by atoms with Crippen LogP contribution >= 0.6 is 7.92 Å². The summed E-state index contributed by atoms with van der Waals surface area (Å²) in [6.45, 7) is 30.8. The first-order valence-corrected chi connectivity index (χ1v) is 19.4. The van der Waals surface area contributed by atoms with Crippen LogP contribution in [-0.2, 0) is 21.7 Å². The molecule has 0 bridgehead atoms. The van der Waals surface area contributed by atoms with E-state index in [2.05, 4.69) is 164 Å². The lowest BCUT2D eigenvalue weighted by Gasteiger charge is -2.40. The Bertz CT molecular complexity index is 1450. The molecule has 258 valence electrons. The van der Waals surface area contributed by atoms with Crippen LogP contribution in [0.2, 0.25) is 0 Å². The van der Waals surface area contributed by atoms with Crippen LogP contribution in [-0.4, -0.2) is 31.8 Å². The van der Waals surface area contributed by atoms with Crippen molar-refractivity contribution in [2.24, 2.45) is 5.92 Å². The summed E-state index contributed by atoms with van der Waals surface area (Å²) in [5, 5.41) is 3.06. The second kappa shape index (κ2) is 13.6. The molecule has 3 aromatic rings. The van der Waals surface area contributed by atoms with Gasteiger partial charge in [-0.2, -0.15) is 0 Å². The quantitative estimate of drug-likeness (QED) is 0.235. The Morgan fingerprint density at radius 3 is 1.47 bits per heavy atom. The number of hydrogen-bond acceptors (Lipinski definition) is 2. The molecule has 4 rings (SSSR count). The molecule has 3 aromatic carbocycles. The summed E-state index contributed by atoms with van der Waals surface area (Å²) in [5.74, 6) is 1.63. The third-order valence-corrected chi connectivity index (χ3v) is 13.4. The Hall–Kier alpha value is -2.15. The van der Waals surface area contributed by atoms with Gasteiger partial charge in [-0.25, -0.2) is 0 Å². The van der Waals surface area contributed by atoms with Gasteiger partial charge in [-0.3, -0.25) is 0 Å². The van der Waals surface area contributed by atoms with Gasteiger partial charge in [0.15, 0.2) is 0 Å². The molecule has 0 radical (unpaired) electrons. The van der Waals surface area contributed by atoms with Gasteiger partial charge in [0.05, 0.1) is 7.11 Å². The fraction of sp³-hybridized carbons (Fsp3) is 0.591. The van der Waals surface area contributed by atoms with Crippen molar-refractivity contribution in [1.82, 2.24) is 4.90 Å². The minimum Gasteiger partial charge on any atom is -0.496 e. The lowest BCUT2D eigenvalue weighted by atomic mass is 9.77. The van der Waals surface area contributed by atoms with E-state index in [0.717, 1.165) is 5.75 Å². The zero-order chi connectivity index (χ0) is 35.3. The van der Waals surface area contributed by atoms with E-state index < -0.39 is 7.92 Å². The highest BCUT2D eigenvalue weighted by molar-refractivity contribution is 7.73. The van der Waals surface area contributed by atoms with Crippen LogP contribution < -0.4 is 15.3 Å². The highest BCUT2D eigenvalue weighted by atomic mass is 31.1. The van der Waals surface area contributed by atoms with E-state index in [1.54, 1.807) is 5.30 Å². The molecule has 1 fully saturated rings. The van der Waals surface area contributed by atoms with Crippen LogP contribution in [0.3, 0.4) is 0 Å². The second-order valence-electron chi connectivity index (χ2n) is 18.6. The average molecular weight is 656 g/mol. The van der Waals surface area contributed by atoms with Gasteiger partial charge < -0.3 is 9.64 Å². The van der Waals surface area contributed by atoms with Crippen molar-refractivity contribution < 1.29 is 4.74 Å². The van der Waals surface area contributed by atoms with Crippen molar-refractivity contribution in [3.05, 3.63) is 88.0 Å². The van der Waals surface area contributed by atoms with Crippen molar-refractivity contribution in [3.63, 3.8) is 0 Å². The largest absolute Gasteiger partial charge is 0.496 e. The van der Waals surface area contributed by atoms with E-state index in [1.165, 1.54) is 57.9 Å². The lowest BCUT2D eigenvalue weighted by Crippen LogP contribution is -2.35. The molecule has 3 unspecified atom stereocenters. The van der Waals surface area contributed by atoms with Gasteiger partial charge >= 0.3 is 0 Å². The Morgan fingerprint density at radius 2 is 1.09 bits per heavy atom. The van der Waals surface area contributed by atoms with Crippen LogP contribution in [0, 0.1) is 12.8 Å². The highest BCUT2D eigenvalue weighted by Crippen LogP contribution is 2.56. The molecular formula is C44H66NOP. The molecule has 1 aliphatic rings. The maximum Gasteiger partial charge on any atom is 0.126 e. The maximum atomic E-state index is 6.29. The molecule has 0 saturated heterocycles. The third kappa shape index (κ3) is 8.02. The van der Waals surface area contributed by atoms with Gasteiger partial charge in [0, 0.05) is 17.2 Å². The number of ether oxygens (including phenoxy) is 1. The van der Waals surface area contributed by atoms with E-state index in [-0.39, 0.29) is 21.7 Å². The maximum absolute atomic E-state index is 6.29. The molecule has 3 heteroatoms. The van der Waals surface area contributed by atoms with E-state index in [4.69, 9.17) is 4.74 Å². The van der Waals surface area contributed by atoms with Gasteiger partial charge in [0.1, 0.15) is 5.75 Å². The van der Waals surface area contributed by atoms with Crippen molar-refractivity contribution in [2.45, 2.75) is 143 Å². The lowest BCUT2D eigenvalue weighted by molar-refractivity contribution is 0.217. The normalized spacial score (nSPS) is 19.3. The molecule has 0 aromatic heterocycles. The van der Waals surface area contributed by atoms with Crippen LogP contribution in [0.15, 0.2) is 54.6 Å². The minimum absolute atomic E-state index is 0.0476. The number of hydrogen-bond donors (Lipinski definition) is 0. The van der Waals surface area contributed by atoms with Crippen molar-refractivity contribution in [2.75, 3.05) is 21.2 Å². The standard InChI is InChI=1S/C44H66NOP/c1-29-34(41(2,3)4)25-31(26-35(29)42(5,6)7)47(32-27-36(43(8,9)10)40(46-16)37(28-32)44(11,12)13)38-24-20-23-33(38)39(45(14)15)30-21-18-17-19-22-30/h17-19,21-22,25-28,33,38-39H,20,23-24H2,1-16H3/t33?,38?,39-,47?/m1/s1. The van der Waals surface area contributed by atoms with Gasteiger partial charge in [-0.05, 0) is 120 Å². The first-order valence-electron chi connectivity index (χ1n) is 18.0. The summed E-state index contributed by atoms with van der Waals surface area (Å²) < 4.78 is 6.29. The SMILES string of the molecule is COc1c(C(C)(C)C)cc(P(c2cc(C(C)(C)C)c(C)c(C(C)(C)C)c2)C2CCCC2[C@@H](c2ccccc2)N(C)C)cc1C(C)(C)C. The molecule has 0 aliphatic heterocycles. The van der Waals surface area contributed by atoms with E-state index in [9.17, 15) is 0 Å². The zero-order valence-electron chi connectivity index (χ0n) is 32.9. The molecule has 0 heterocycles. The first kappa shape index (κ1) is 37.7. The predicted molar refractivity (Wildman–Crippen MR) is 209 cm³/mol. The molecule has 1 saturated carbocycles. The molecule has 47 heavy (non-hydrogen) atoms. The monoisotopic (exact) mass is 655 g/mol. The van der Waals surface area contributed by atoms with Crippen LogP contribution in [0.5, 0.6) is 5.75 Å². The Labute approximate surface area is 290 Å². The highest BCUT2D eigenvalue weighted by Gasteiger charge is 2.42. The number of methoxy groups -OCH3 is 1. The van der Waals surface area contributed by atoms with Gasteiger partial charge in [-0.1, -0.05) is 132 Å². The molecule has 0 amide bonds. The smallest absolute Gasteiger partial charge is 0.126 e. The Balaban J connectivity index is 2.13. The van der Waals surface area contributed by atoms with Crippen molar-refractivity contribution in [1.29, 1.82) is 0 Å². The molecule has 2 nitrogen and oxygen atoms in total. The molecule has 1 aliphatic carbocycles. The van der Waals surface area contributed by atoms with Gasteiger partial charge in [0.25, 0.3) is 0 Å². The van der Waals surface area contributed by atoms with Gasteiger partial charge in [-0.15, -0.1) is 0 Å².